The van der Waals surface area contributed by atoms with Gasteiger partial charge in [0, 0.05) is 12.8 Å². The minimum Gasteiger partial charge on any atom is -0.103 e. The number of allylic oxidation sites excluding steroid dienone is 2. The molecule has 0 fully saturated rings. The Morgan fingerprint density at radius 3 is 2.69 bits per heavy atom. The highest BCUT2D eigenvalue weighted by molar-refractivity contribution is 5.66. The average molecular weight is 168 g/mol. The summed E-state index contributed by atoms with van der Waals surface area (Å²) in [6, 6.07) is 10.6. The fourth-order valence-electron chi connectivity index (χ4n) is 1.55. The van der Waals surface area contributed by atoms with Crippen molar-refractivity contribution < 1.29 is 0 Å². The first-order valence-electron chi connectivity index (χ1n) is 4.67. The van der Waals surface area contributed by atoms with Crippen LogP contribution in [0.5, 0.6) is 0 Å². The molecule has 1 aliphatic carbocycles. The van der Waals surface area contributed by atoms with Crippen molar-refractivity contribution in [2.75, 3.05) is 0 Å². The summed E-state index contributed by atoms with van der Waals surface area (Å²) in [6.45, 7) is 0. The molecule has 0 unspecified atom stereocenters. The third-order valence-corrected chi connectivity index (χ3v) is 2.24. The molecule has 1 aromatic carbocycles. The van der Waals surface area contributed by atoms with E-state index in [9.17, 15) is 0 Å². The highest BCUT2D eigenvalue weighted by atomic mass is 14.0. The monoisotopic (exact) mass is 168 g/mol. The lowest BCUT2D eigenvalue weighted by molar-refractivity contribution is 1.11. The fourth-order valence-corrected chi connectivity index (χ4v) is 1.55. The molecule has 0 nitrogen and oxygen atoms in total. The van der Waals surface area contributed by atoms with Crippen molar-refractivity contribution in [3.8, 4) is 11.8 Å². The summed E-state index contributed by atoms with van der Waals surface area (Å²) < 4.78 is 0. The van der Waals surface area contributed by atoms with Crippen LogP contribution in [-0.4, -0.2) is 0 Å². The summed E-state index contributed by atoms with van der Waals surface area (Å²) in [7, 11) is 0. The highest BCUT2D eigenvalue weighted by Gasteiger charge is 2.00. The van der Waals surface area contributed by atoms with E-state index in [0.717, 1.165) is 19.3 Å². The van der Waals surface area contributed by atoms with Gasteiger partial charge in [-0.1, -0.05) is 42.3 Å². The fraction of sp³-hybridized carbons (Fsp3) is 0.231. The third kappa shape index (κ3) is 2.00. The number of hydrogen-bond acceptors (Lipinski definition) is 0. The van der Waals surface area contributed by atoms with Gasteiger partial charge in [-0.15, -0.1) is 5.92 Å². The smallest absolute Gasteiger partial charge is 0.0275 e. The summed E-state index contributed by atoms with van der Waals surface area (Å²) in [6.07, 6.45) is 5.25. The molecule has 0 aromatic heterocycles. The Morgan fingerprint density at radius 1 is 1.00 bits per heavy atom. The van der Waals surface area contributed by atoms with Gasteiger partial charge in [0.15, 0.2) is 0 Å². The second kappa shape index (κ2) is 3.96. The Morgan fingerprint density at radius 2 is 1.85 bits per heavy atom. The average Bonchev–Trinajstić information content (AvgIpc) is 2.47. The van der Waals surface area contributed by atoms with Crippen LogP contribution in [0.2, 0.25) is 0 Å². The first-order chi connectivity index (χ1) is 6.47. The van der Waals surface area contributed by atoms with Crippen molar-refractivity contribution >= 4 is 5.57 Å². The van der Waals surface area contributed by atoms with Gasteiger partial charge in [0.25, 0.3) is 0 Å². The van der Waals surface area contributed by atoms with E-state index in [1.165, 1.54) is 11.1 Å². The maximum Gasteiger partial charge on any atom is 0.0275 e. The minimum absolute atomic E-state index is 0.907. The van der Waals surface area contributed by atoms with Crippen LogP contribution >= 0.6 is 0 Å². The molecule has 1 aliphatic rings. The number of rotatable bonds is 1. The molecule has 2 rings (SSSR count). The zero-order valence-electron chi connectivity index (χ0n) is 7.59. The van der Waals surface area contributed by atoms with E-state index < -0.39 is 0 Å². The maximum absolute atomic E-state index is 3.14. The van der Waals surface area contributed by atoms with Gasteiger partial charge in [-0.3, -0.25) is 0 Å². The predicted octanol–water partition coefficient (Wildman–Crippen LogP) is 3.26. The van der Waals surface area contributed by atoms with E-state index >= 15 is 0 Å². The van der Waals surface area contributed by atoms with Crippen LogP contribution in [0.25, 0.3) is 5.57 Å². The largest absolute Gasteiger partial charge is 0.103 e. The Kier molecular flexibility index (Phi) is 2.48. The third-order valence-electron chi connectivity index (χ3n) is 2.24. The molecule has 13 heavy (non-hydrogen) atoms. The van der Waals surface area contributed by atoms with Gasteiger partial charge in [-0.25, -0.2) is 0 Å². The Labute approximate surface area is 79.3 Å². The first kappa shape index (κ1) is 8.13. The number of benzene rings is 1. The lowest BCUT2D eigenvalue weighted by Crippen LogP contribution is -1.82. The number of hydrogen-bond donors (Lipinski definition) is 0. The molecule has 0 saturated carbocycles. The van der Waals surface area contributed by atoms with E-state index in [1.54, 1.807) is 0 Å². The molecule has 0 radical (unpaired) electrons. The molecule has 0 spiro atoms. The summed E-state index contributed by atoms with van der Waals surface area (Å²) in [5.41, 5.74) is 2.77. The van der Waals surface area contributed by atoms with Crippen molar-refractivity contribution in [3.63, 3.8) is 0 Å². The normalized spacial score (nSPS) is 15.2. The Balaban J connectivity index is 2.24. The summed E-state index contributed by atoms with van der Waals surface area (Å²) in [5, 5.41) is 0. The second-order valence-electron chi connectivity index (χ2n) is 3.15. The van der Waals surface area contributed by atoms with Crippen LogP contribution in [0, 0.1) is 11.8 Å². The molecule has 0 atom stereocenters. The molecule has 0 N–H and O–H groups in total. The van der Waals surface area contributed by atoms with Gasteiger partial charge >= 0.3 is 0 Å². The van der Waals surface area contributed by atoms with Crippen LogP contribution < -0.4 is 0 Å². The van der Waals surface area contributed by atoms with Gasteiger partial charge in [-0.2, -0.15) is 0 Å². The minimum atomic E-state index is 0.907. The van der Waals surface area contributed by atoms with Crippen LogP contribution in [0.4, 0.5) is 0 Å². The van der Waals surface area contributed by atoms with Gasteiger partial charge in [0.2, 0.25) is 0 Å². The predicted molar refractivity (Wildman–Crippen MR) is 56.0 cm³/mol. The molecule has 0 aliphatic heterocycles. The van der Waals surface area contributed by atoms with Crippen molar-refractivity contribution in [3.05, 3.63) is 42.0 Å². The van der Waals surface area contributed by atoms with E-state index in [1.807, 2.05) is 0 Å². The maximum atomic E-state index is 3.14. The van der Waals surface area contributed by atoms with E-state index in [4.69, 9.17) is 0 Å². The van der Waals surface area contributed by atoms with Gasteiger partial charge in [0.1, 0.15) is 0 Å². The second-order valence-corrected chi connectivity index (χ2v) is 3.15. The highest BCUT2D eigenvalue weighted by Crippen LogP contribution is 2.21. The first-order valence-corrected chi connectivity index (χ1v) is 4.67. The summed E-state index contributed by atoms with van der Waals surface area (Å²) >= 11 is 0. The topological polar surface area (TPSA) is 0 Å². The van der Waals surface area contributed by atoms with Crippen LogP contribution in [0.1, 0.15) is 24.8 Å². The van der Waals surface area contributed by atoms with E-state index in [0.29, 0.717) is 0 Å². The molecule has 1 aromatic rings. The summed E-state index contributed by atoms with van der Waals surface area (Å²) in [4.78, 5) is 0. The molecular formula is C13H12. The zero-order chi connectivity index (χ0) is 8.93. The molecule has 0 amide bonds. The molecule has 64 valence electrons. The van der Waals surface area contributed by atoms with Crippen molar-refractivity contribution in [2.45, 2.75) is 19.3 Å². The van der Waals surface area contributed by atoms with Crippen molar-refractivity contribution in [1.29, 1.82) is 0 Å². The van der Waals surface area contributed by atoms with Crippen LogP contribution in [0.3, 0.4) is 0 Å². The quantitative estimate of drug-likeness (QED) is 0.565. The van der Waals surface area contributed by atoms with Gasteiger partial charge in [-0.05, 0) is 17.6 Å². The van der Waals surface area contributed by atoms with Gasteiger partial charge in [0.05, 0.1) is 0 Å². The van der Waals surface area contributed by atoms with Crippen molar-refractivity contribution in [1.82, 2.24) is 0 Å². The standard InChI is InChI=1S/C13H12/c1-2-5-9-12(8-4-1)13-10-6-3-7-11-13/h3,6-8,10-11H,4-5,9H2. The molecular weight excluding hydrogens is 156 g/mol. The van der Waals surface area contributed by atoms with E-state index in [-0.39, 0.29) is 0 Å². The molecule has 0 heteroatoms. The van der Waals surface area contributed by atoms with Crippen molar-refractivity contribution in [2.24, 2.45) is 0 Å². The SMILES string of the molecule is C1#CCCC(c2ccccc2)=CC1. The zero-order valence-corrected chi connectivity index (χ0v) is 7.59. The molecule has 0 heterocycles. The van der Waals surface area contributed by atoms with Crippen LogP contribution in [-0.2, 0) is 0 Å². The summed E-state index contributed by atoms with van der Waals surface area (Å²) in [5.74, 6) is 6.27. The molecule has 0 saturated heterocycles. The Bertz CT molecular complexity index is 360. The lowest BCUT2D eigenvalue weighted by Gasteiger charge is -2.03. The van der Waals surface area contributed by atoms with Gasteiger partial charge < -0.3 is 0 Å². The Hall–Kier alpha value is -1.48. The lowest BCUT2D eigenvalue weighted by atomic mass is 10.0. The van der Waals surface area contributed by atoms with Crippen LogP contribution in [0.15, 0.2) is 36.4 Å². The van der Waals surface area contributed by atoms with E-state index in [2.05, 4.69) is 48.2 Å². The molecule has 0 bridgehead atoms.